The Morgan fingerprint density at radius 1 is 1.09 bits per heavy atom. The molecule has 0 radical (unpaired) electrons. The molecule has 1 N–H and O–H groups in total. The van der Waals surface area contributed by atoms with Crippen LogP contribution in [-0.2, 0) is 33.3 Å². The van der Waals surface area contributed by atoms with Gasteiger partial charge in [0, 0.05) is 29.6 Å². The third-order valence-corrected chi connectivity index (χ3v) is 13.6. The Kier molecular flexibility index (Phi) is 7.66. The average molecular weight is 627 g/mol. The quantitative estimate of drug-likeness (QED) is 0.219. The van der Waals surface area contributed by atoms with Gasteiger partial charge in [0.05, 0.1) is 17.6 Å². The van der Waals surface area contributed by atoms with Crippen LogP contribution in [0.1, 0.15) is 101 Å². The van der Waals surface area contributed by atoms with Gasteiger partial charge in [0.15, 0.2) is 12.1 Å². The number of ether oxygens (including phenoxy) is 4. The van der Waals surface area contributed by atoms with Gasteiger partial charge in [-0.2, -0.15) is 0 Å². The van der Waals surface area contributed by atoms with Crippen LogP contribution in [0.15, 0.2) is 23.8 Å². The number of epoxide rings is 1. The number of ketones is 1. The molecule has 2 aliphatic heterocycles. The molecule has 4 fully saturated rings. The van der Waals surface area contributed by atoms with Gasteiger partial charge in [-0.3, -0.25) is 14.4 Å². The second-order valence-electron chi connectivity index (χ2n) is 16.9. The molecular formula is C37H54O8. The fourth-order valence-corrected chi connectivity index (χ4v) is 11.1. The van der Waals surface area contributed by atoms with Gasteiger partial charge in [0.1, 0.15) is 18.3 Å². The Balaban J connectivity index is 1.46. The lowest BCUT2D eigenvalue weighted by atomic mass is 9.37. The number of rotatable bonds is 6. The molecule has 0 spiro atoms. The predicted octanol–water partition coefficient (Wildman–Crippen LogP) is 5.95. The first-order valence-electron chi connectivity index (χ1n) is 17.2. The number of esters is 2. The average Bonchev–Trinajstić information content (AvgIpc) is 3.22. The monoisotopic (exact) mass is 626 g/mol. The van der Waals surface area contributed by atoms with Crippen molar-refractivity contribution in [2.24, 2.45) is 51.2 Å². The summed E-state index contributed by atoms with van der Waals surface area (Å²) in [5.74, 6) is -1.21. The second kappa shape index (κ2) is 10.5. The second-order valence-corrected chi connectivity index (χ2v) is 16.9. The normalized spacial score (nSPS) is 48.0. The molecule has 2 heterocycles. The van der Waals surface area contributed by atoms with Crippen LogP contribution in [0.5, 0.6) is 0 Å². The van der Waals surface area contributed by atoms with Gasteiger partial charge in [-0.05, 0) is 74.7 Å². The topological polar surface area (TPSA) is 112 Å². The lowest BCUT2D eigenvalue weighted by Gasteiger charge is -2.67. The van der Waals surface area contributed by atoms with Crippen molar-refractivity contribution in [2.45, 2.75) is 138 Å². The molecule has 45 heavy (non-hydrogen) atoms. The maximum Gasteiger partial charge on any atom is 0.308 e. The molecule has 1 unspecified atom stereocenters. The first kappa shape index (κ1) is 32.9. The molecular weight excluding hydrogens is 572 g/mol. The van der Waals surface area contributed by atoms with Gasteiger partial charge in [-0.15, -0.1) is 0 Å². The summed E-state index contributed by atoms with van der Waals surface area (Å²) in [5.41, 5.74) is -1.34. The van der Waals surface area contributed by atoms with E-state index in [0.717, 1.165) is 6.42 Å². The van der Waals surface area contributed by atoms with Crippen LogP contribution in [-0.4, -0.2) is 59.1 Å². The molecule has 4 aliphatic carbocycles. The number of allylic oxidation sites excluding steroid dienone is 3. The summed E-state index contributed by atoms with van der Waals surface area (Å²) in [5, 5.41) is 11.3. The molecule has 8 nitrogen and oxygen atoms in total. The number of fused-ring (bicyclic) bond motifs is 5. The van der Waals surface area contributed by atoms with Crippen molar-refractivity contribution >= 4 is 17.7 Å². The minimum absolute atomic E-state index is 0.0380. The van der Waals surface area contributed by atoms with Crippen molar-refractivity contribution in [1.29, 1.82) is 0 Å². The first-order chi connectivity index (χ1) is 20.8. The zero-order valence-corrected chi connectivity index (χ0v) is 28.8. The van der Waals surface area contributed by atoms with Crippen molar-refractivity contribution < 1.29 is 38.4 Å². The van der Waals surface area contributed by atoms with Crippen LogP contribution >= 0.6 is 0 Å². The zero-order valence-electron chi connectivity index (χ0n) is 28.8. The molecule has 0 aromatic heterocycles. The third kappa shape index (κ3) is 4.74. The van der Waals surface area contributed by atoms with E-state index in [-0.39, 0.29) is 65.1 Å². The Bertz CT molecular complexity index is 1330. The highest BCUT2D eigenvalue weighted by Gasteiger charge is 2.72. The minimum Gasteiger partial charge on any atom is -0.462 e. The fourth-order valence-electron chi connectivity index (χ4n) is 11.1. The molecule has 6 aliphatic rings. The van der Waals surface area contributed by atoms with Gasteiger partial charge in [-0.1, -0.05) is 66.2 Å². The fraction of sp³-hybridized carbons (Fsp3) is 0.811. The van der Waals surface area contributed by atoms with Crippen molar-refractivity contribution in [3.8, 4) is 0 Å². The SMILES string of the molecule is CCC(C)C(=O)O[C@@H]1C[C@]2(C)C(=CC[C@H]2[C@@H]2C[C@H]([C@@H]3OC3(C)C)O[C@@H]2O)[C@@]2(C)[C@H]1[C@@]1(C)C=CC(=O)C(C)(C)[C@@H]1C[C@H]2OC(C)=O. The molecule has 0 aromatic carbocycles. The number of hydrogen-bond donors (Lipinski definition) is 1. The van der Waals surface area contributed by atoms with Crippen LogP contribution in [0.4, 0.5) is 0 Å². The van der Waals surface area contributed by atoms with Crippen molar-refractivity contribution in [1.82, 2.24) is 0 Å². The summed E-state index contributed by atoms with van der Waals surface area (Å²) in [6, 6.07) is 0. The van der Waals surface area contributed by atoms with E-state index in [4.69, 9.17) is 18.9 Å². The Labute approximate surface area is 268 Å². The standard InChI is InChI=1S/C37H54O8/c1-11-19(2)31(40)44-24-18-36(9)22(21-16-23(43-32(21)41)30-34(6,7)45-30)12-13-25(36)37(10)28(42-20(3)38)17-26-33(4,5)27(39)14-15-35(26,8)29(24)37/h13-15,19,21-24,26,28-30,32,41H,11-12,16-18H2,1-10H3/t19?,21-,22-,23+,24+,26-,28+,29+,30-,32-,35-,36-,37+/m0/s1. The molecule has 2 saturated carbocycles. The van der Waals surface area contributed by atoms with Gasteiger partial charge < -0.3 is 24.1 Å². The summed E-state index contributed by atoms with van der Waals surface area (Å²) in [6.45, 7) is 20.1. The Morgan fingerprint density at radius 2 is 1.76 bits per heavy atom. The highest BCUT2D eigenvalue weighted by molar-refractivity contribution is 5.95. The lowest BCUT2D eigenvalue weighted by molar-refractivity contribution is -0.221. The first-order valence-corrected chi connectivity index (χ1v) is 17.2. The summed E-state index contributed by atoms with van der Waals surface area (Å²) in [6.07, 6.45) is 7.22. The largest absolute Gasteiger partial charge is 0.462 e. The van der Waals surface area contributed by atoms with E-state index >= 15 is 0 Å². The van der Waals surface area contributed by atoms with Crippen LogP contribution in [0.2, 0.25) is 0 Å². The molecule has 13 atom stereocenters. The van der Waals surface area contributed by atoms with E-state index in [9.17, 15) is 19.5 Å². The number of hydrogen-bond acceptors (Lipinski definition) is 8. The lowest BCUT2D eigenvalue weighted by Crippen LogP contribution is -2.68. The van der Waals surface area contributed by atoms with Crippen LogP contribution in [0.25, 0.3) is 0 Å². The highest BCUT2D eigenvalue weighted by atomic mass is 16.7. The maximum absolute atomic E-state index is 13.6. The van der Waals surface area contributed by atoms with E-state index in [0.29, 0.717) is 25.7 Å². The minimum atomic E-state index is -0.915. The van der Waals surface area contributed by atoms with Gasteiger partial charge in [-0.25, -0.2) is 0 Å². The molecule has 0 bridgehead atoms. The summed E-state index contributed by atoms with van der Waals surface area (Å²) < 4.78 is 24.9. The molecule has 0 amide bonds. The van der Waals surface area contributed by atoms with Crippen molar-refractivity contribution in [3.05, 3.63) is 23.8 Å². The molecule has 0 aromatic rings. The van der Waals surface area contributed by atoms with Gasteiger partial charge in [0.25, 0.3) is 0 Å². The Morgan fingerprint density at radius 3 is 2.36 bits per heavy atom. The maximum atomic E-state index is 13.6. The van der Waals surface area contributed by atoms with E-state index < -0.39 is 40.2 Å². The molecule has 2 saturated heterocycles. The van der Waals surface area contributed by atoms with Crippen molar-refractivity contribution in [2.75, 3.05) is 0 Å². The van der Waals surface area contributed by atoms with E-state index in [1.165, 1.54) is 12.5 Å². The highest BCUT2D eigenvalue weighted by Crippen LogP contribution is 2.73. The zero-order chi connectivity index (χ0) is 33.1. The number of aliphatic hydroxyl groups is 1. The van der Waals surface area contributed by atoms with E-state index in [1.54, 1.807) is 6.08 Å². The smallest absolute Gasteiger partial charge is 0.308 e. The Hall–Kier alpha value is -2.03. The number of carbonyl (C=O) groups is 3. The van der Waals surface area contributed by atoms with Crippen LogP contribution < -0.4 is 0 Å². The summed E-state index contributed by atoms with van der Waals surface area (Å²) in [4.78, 5) is 39.7. The summed E-state index contributed by atoms with van der Waals surface area (Å²) >= 11 is 0. The van der Waals surface area contributed by atoms with Crippen molar-refractivity contribution in [3.63, 3.8) is 0 Å². The summed E-state index contributed by atoms with van der Waals surface area (Å²) in [7, 11) is 0. The van der Waals surface area contributed by atoms with Gasteiger partial charge in [0.2, 0.25) is 0 Å². The van der Waals surface area contributed by atoms with Gasteiger partial charge >= 0.3 is 11.9 Å². The van der Waals surface area contributed by atoms with E-state index in [2.05, 4.69) is 46.8 Å². The number of aliphatic hydroxyl groups excluding tert-OH is 1. The van der Waals surface area contributed by atoms with E-state index in [1.807, 2.05) is 27.7 Å². The number of carbonyl (C=O) groups excluding carboxylic acids is 3. The molecule has 250 valence electrons. The molecule has 8 heteroatoms. The predicted molar refractivity (Wildman–Crippen MR) is 167 cm³/mol. The third-order valence-electron chi connectivity index (χ3n) is 13.6. The van der Waals surface area contributed by atoms with Crippen LogP contribution in [0, 0.1) is 51.2 Å². The molecule has 6 rings (SSSR count). The van der Waals surface area contributed by atoms with Crippen LogP contribution in [0.3, 0.4) is 0 Å².